The van der Waals surface area contributed by atoms with Crippen molar-refractivity contribution < 1.29 is 4.42 Å². The van der Waals surface area contributed by atoms with Gasteiger partial charge in [0.15, 0.2) is 0 Å². The Balaban J connectivity index is 1.42. The highest BCUT2D eigenvalue weighted by atomic mass is 35.5. The Morgan fingerprint density at radius 3 is 2.30 bits per heavy atom. The third kappa shape index (κ3) is 4.39. The van der Waals surface area contributed by atoms with Crippen LogP contribution < -0.4 is 4.90 Å². The van der Waals surface area contributed by atoms with E-state index in [2.05, 4.69) is 76.3 Å². The molecule has 0 N–H and O–H groups in total. The maximum absolute atomic E-state index is 6.37. The Morgan fingerprint density at radius 2 is 1.55 bits per heavy atom. The van der Waals surface area contributed by atoms with Crippen LogP contribution in [0.25, 0.3) is 11.5 Å². The smallest absolute Gasteiger partial charge is 0.249 e. The van der Waals surface area contributed by atoms with Gasteiger partial charge in [0.2, 0.25) is 11.8 Å². The number of aromatic nitrogens is 2. The van der Waals surface area contributed by atoms with Crippen LogP contribution >= 0.6 is 11.6 Å². The molecule has 0 saturated carbocycles. The van der Waals surface area contributed by atoms with Crippen molar-refractivity contribution in [1.29, 1.82) is 0 Å². The zero-order valence-electron chi connectivity index (χ0n) is 18.9. The van der Waals surface area contributed by atoms with E-state index in [1.165, 1.54) is 16.8 Å². The lowest BCUT2D eigenvalue weighted by atomic mass is 10.0. The first-order valence-electron chi connectivity index (χ1n) is 11.3. The molecule has 4 aromatic rings. The molecule has 1 saturated heterocycles. The molecule has 1 atom stereocenters. The van der Waals surface area contributed by atoms with Crippen LogP contribution in [-0.4, -0.2) is 41.3 Å². The standard InChI is InChI=1S/C27H27ClN4O/c1-19-9-8-14-24(20(19)2)31-15-17-32(18-16-31)25(21-10-4-3-5-11-21)27-30-29-26(33-27)22-12-6-7-13-23(22)28/h3-14,25H,15-18H2,1-2H3/t25-/m0/s1. The van der Waals surface area contributed by atoms with E-state index < -0.39 is 0 Å². The molecule has 1 fully saturated rings. The van der Waals surface area contributed by atoms with Gasteiger partial charge in [0.05, 0.1) is 10.6 Å². The fourth-order valence-corrected chi connectivity index (χ4v) is 4.75. The first-order chi connectivity index (χ1) is 16.1. The van der Waals surface area contributed by atoms with E-state index in [1.807, 2.05) is 30.3 Å². The van der Waals surface area contributed by atoms with E-state index in [1.54, 1.807) is 0 Å². The highest BCUT2D eigenvalue weighted by Crippen LogP contribution is 2.33. The van der Waals surface area contributed by atoms with Crippen molar-refractivity contribution in [3.63, 3.8) is 0 Å². The Hall–Kier alpha value is -3.15. The number of hydrogen-bond donors (Lipinski definition) is 0. The van der Waals surface area contributed by atoms with Crippen molar-refractivity contribution in [3.8, 4) is 11.5 Å². The highest BCUT2D eigenvalue weighted by Gasteiger charge is 2.31. The molecule has 1 aliphatic rings. The molecule has 1 aromatic heterocycles. The minimum Gasteiger partial charge on any atom is -0.419 e. The average molecular weight is 459 g/mol. The maximum atomic E-state index is 6.37. The van der Waals surface area contributed by atoms with Crippen molar-refractivity contribution in [2.45, 2.75) is 19.9 Å². The molecule has 2 heterocycles. The maximum Gasteiger partial charge on any atom is 0.249 e. The molecule has 1 aliphatic heterocycles. The third-order valence-corrected chi connectivity index (χ3v) is 6.82. The van der Waals surface area contributed by atoms with Crippen molar-refractivity contribution in [2.24, 2.45) is 0 Å². The van der Waals surface area contributed by atoms with Crippen LogP contribution in [0.1, 0.15) is 28.6 Å². The molecule has 0 radical (unpaired) electrons. The topological polar surface area (TPSA) is 45.4 Å². The van der Waals surface area contributed by atoms with Gasteiger partial charge in [-0.3, -0.25) is 4.90 Å². The predicted molar refractivity (Wildman–Crippen MR) is 133 cm³/mol. The van der Waals surface area contributed by atoms with Crippen LogP contribution in [0, 0.1) is 13.8 Å². The summed E-state index contributed by atoms with van der Waals surface area (Å²) < 4.78 is 6.20. The van der Waals surface area contributed by atoms with Gasteiger partial charge in [0.25, 0.3) is 0 Å². The third-order valence-electron chi connectivity index (χ3n) is 6.49. The lowest BCUT2D eigenvalue weighted by Crippen LogP contribution is -2.48. The Morgan fingerprint density at radius 1 is 0.818 bits per heavy atom. The van der Waals surface area contributed by atoms with E-state index in [0.29, 0.717) is 16.8 Å². The number of piperazine rings is 1. The molecule has 0 aliphatic carbocycles. The zero-order valence-corrected chi connectivity index (χ0v) is 19.7. The molecular formula is C27H27ClN4O. The van der Waals surface area contributed by atoms with E-state index in [9.17, 15) is 0 Å². The minimum absolute atomic E-state index is 0.101. The van der Waals surface area contributed by atoms with Crippen molar-refractivity contribution in [3.05, 3.63) is 100 Å². The summed E-state index contributed by atoms with van der Waals surface area (Å²) >= 11 is 6.37. The summed E-state index contributed by atoms with van der Waals surface area (Å²) in [5.41, 5.74) is 5.91. The first-order valence-corrected chi connectivity index (χ1v) is 11.7. The van der Waals surface area contributed by atoms with E-state index >= 15 is 0 Å². The summed E-state index contributed by atoms with van der Waals surface area (Å²) in [4.78, 5) is 4.91. The monoisotopic (exact) mass is 458 g/mol. The number of halogens is 1. The van der Waals surface area contributed by atoms with Crippen molar-refractivity contribution >= 4 is 17.3 Å². The van der Waals surface area contributed by atoms with Gasteiger partial charge < -0.3 is 9.32 Å². The molecule has 5 nitrogen and oxygen atoms in total. The summed E-state index contributed by atoms with van der Waals surface area (Å²) in [5, 5.41) is 9.39. The van der Waals surface area contributed by atoms with Gasteiger partial charge in [-0.2, -0.15) is 0 Å². The van der Waals surface area contributed by atoms with Crippen LogP contribution in [0.4, 0.5) is 5.69 Å². The molecule has 168 valence electrons. The summed E-state index contributed by atoms with van der Waals surface area (Å²) in [5.74, 6) is 1.04. The Kier molecular flexibility index (Phi) is 6.16. The van der Waals surface area contributed by atoms with Gasteiger partial charge in [-0.25, -0.2) is 0 Å². The van der Waals surface area contributed by atoms with Gasteiger partial charge in [-0.1, -0.05) is 66.2 Å². The second kappa shape index (κ2) is 9.38. The van der Waals surface area contributed by atoms with Gasteiger partial charge in [0.1, 0.15) is 6.04 Å². The average Bonchev–Trinajstić information content (AvgIpc) is 3.32. The summed E-state index contributed by atoms with van der Waals surface area (Å²) in [7, 11) is 0. The normalized spacial score (nSPS) is 15.5. The van der Waals surface area contributed by atoms with Gasteiger partial charge in [-0.05, 0) is 48.7 Å². The number of aryl methyl sites for hydroxylation is 1. The summed E-state index contributed by atoms with van der Waals surface area (Å²) in [6.07, 6.45) is 0. The molecule has 5 rings (SSSR count). The van der Waals surface area contributed by atoms with Crippen LogP contribution in [0.3, 0.4) is 0 Å². The number of rotatable bonds is 5. The molecule has 33 heavy (non-hydrogen) atoms. The minimum atomic E-state index is -0.101. The number of nitrogens with zero attached hydrogens (tertiary/aromatic N) is 4. The largest absolute Gasteiger partial charge is 0.419 e. The zero-order chi connectivity index (χ0) is 22.8. The van der Waals surface area contributed by atoms with Crippen molar-refractivity contribution in [1.82, 2.24) is 15.1 Å². The van der Waals surface area contributed by atoms with Gasteiger partial charge in [0, 0.05) is 31.9 Å². The predicted octanol–water partition coefficient (Wildman–Crippen LogP) is 5.92. The fourth-order valence-electron chi connectivity index (χ4n) is 4.53. The van der Waals surface area contributed by atoms with Crippen LogP contribution in [0.5, 0.6) is 0 Å². The van der Waals surface area contributed by atoms with Gasteiger partial charge >= 0.3 is 0 Å². The van der Waals surface area contributed by atoms with E-state index in [4.69, 9.17) is 16.0 Å². The molecule has 0 bridgehead atoms. The molecule has 6 heteroatoms. The van der Waals surface area contributed by atoms with Gasteiger partial charge in [-0.15, -0.1) is 10.2 Å². The number of benzene rings is 3. The van der Waals surface area contributed by atoms with Crippen LogP contribution in [0.2, 0.25) is 5.02 Å². The molecule has 0 unspecified atom stereocenters. The van der Waals surface area contributed by atoms with Crippen molar-refractivity contribution in [2.75, 3.05) is 31.1 Å². The fraction of sp³-hybridized carbons (Fsp3) is 0.259. The number of hydrogen-bond acceptors (Lipinski definition) is 5. The summed E-state index contributed by atoms with van der Waals surface area (Å²) in [6.45, 7) is 8.07. The molecule has 0 amide bonds. The van der Waals surface area contributed by atoms with Crippen LogP contribution in [0.15, 0.2) is 77.2 Å². The quantitative estimate of drug-likeness (QED) is 0.371. The lowest BCUT2D eigenvalue weighted by Gasteiger charge is -2.39. The molecule has 3 aromatic carbocycles. The van der Waals surface area contributed by atoms with E-state index in [0.717, 1.165) is 37.3 Å². The summed E-state index contributed by atoms with van der Waals surface area (Å²) in [6, 6.07) is 24.4. The number of anilines is 1. The molecular weight excluding hydrogens is 432 g/mol. The first kappa shape index (κ1) is 21.7. The molecule has 0 spiro atoms. The second-order valence-electron chi connectivity index (χ2n) is 8.48. The Labute approximate surface area is 199 Å². The highest BCUT2D eigenvalue weighted by molar-refractivity contribution is 6.33. The van der Waals surface area contributed by atoms with E-state index in [-0.39, 0.29) is 6.04 Å². The second-order valence-corrected chi connectivity index (χ2v) is 8.89. The Bertz CT molecular complexity index is 1230. The SMILES string of the molecule is Cc1cccc(N2CCN([C@@H](c3ccccc3)c3nnc(-c4ccccc4Cl)o3)CC2)c1C. The van der Waals surface area contributed by atoms with Crippen LogP contribution in [-0.2, 0) is 0 Å². The lowest BCUT2D eigenvalue weighted by molar-refractivity contribution is 0.188.